The highest BCUT2D eigenvalue weighted by molar-refractivity contribution is 5.75. The molecule has 0 amide bonds. The van der Waals surface area contributed by atoms with E-state index < -0.39 is 11.4 Å². The Balaban J connectivity index is 2.19. The second-order valence-electron chi connectivity index (χ2n) is 4.16. The van der Waals surface area contributed by atoms with E-state index in [0.29, 0.717) is 6.54 Å². The molecule has 3 nitrogen and oxygen atoms in total. The zero-order valence-corrected chi connectivity index (χ0v) is 7.18. The predicted octanol–water partition coefficient (Wildman–Crippen LogP) is 0.851. The first-order valence-corrected chi connectivity index (χ1v) is 4.67. The lowest BCUT2D eigenvalue weighted by Crippen LogP contribution is -2.39. The summed E-state index contributed by atoms with van der Waals surface area (Å²) in [5.74, 6) is 0.135. The molecule has 68 valence electrons. The standard InChI is InChI=1S/C9H15NO2/c11-8(12)9-3-1-7(2-4-9)5-10-6-9/h7,10H,1-6H2,(H,11,12). The summed E-state index contributed by atoms with van der Waals surface area (Å²) in [6.45, 7) is 1.70. The van der Waals surface area contributed by atoms with Crippen molar-refractivity contribution in [1.29, 1.82) is 0 Å². The highest BCUT2D eigenvalue weighted by Gasteiger charge is 2.43. The molecule has 3 fully saturated rings. The van der Waals surface area contributed by atoms with Crippen LogP contribution in [0.25, 0.3) is 0 Å². The van der Waals surface area contributed by atoms with E-state index >= 15 is 0 Å². The Labute approximate surface area is 72.2 Å². The van der Waals surface area contributed by atoms with Gasteiger partial charge >= 0.3 is 5.97 Å². The molecule has 0 radical (unpaired) electrons. The topological polar surface area (TPSA) is 49.3 Å². The number of carboxylic acid groups (broad SMARTS) is 1. The SMILES string of the molecule is O=C(O)C12CCC(CC1)CNC2. The normalized spacial score (nSPS) is 40.8. The molecule has 0 spiro atoms. The molecule has 3 rings (SSSR count). The van der Waals surface area contributed by atoms with Gasteiger partial charge in [0.15, 0.2) is 0 Å². The Kier molecular flexibility index (Phi) is 1.83. The summed E-state index contributed by atoms with van der Waals surface area (Å²) in [7, 11) is 0. The Bertz CT molecular complexity index is 189. The summed E-state index contributed by atoms with van der Waals surface area (Å²) in [5.41, 5.74) is -0.424. The van der Waals surface area contributed by atoms with E-state index in [1.54, 1.807) is 0 Å². The van der Waals surface area contributed by atoms with Crippen molar-refractivity contribution in [2.45, 2.75) is 25.7 Å². The van der Waals surface area contributed by atoms with E-state index in [9.17, 15) is 4.79 Å². The molecule has 3 heteroatoms. The van der Waals surface area contributed by atoms with Gasteiger partial charge in [-0.1, -0.05) is 0 Å². The molecule has 2 saturated heterocycles. The monoisotopic (exact) mass is 169 g/mol. The molecule has 2 heterocycles. The van der Waals surface area contributed by atoms with Crippen molar-refractivity contribution in [3.05, 3.63) is 0 Å². The van der Waals surface area contributed by atoms with Gasteiger partial charge in [-0.15, -0.1) is 0 Å². The van der Waals surface area contributed by atoms with Crippen LogP contribution in [0, 0.1) is 11.3 Å². The summed E-state index contributed by atoms with van der Waals surface area (Å²) in [6, 6.07) is 0. The van der Waals surface area contributed by atoms with Gasteiger partial charge in [0.25, 0.3) is 0 Å². The van der Waals surface area contributed by atoms with Gasteiger partial charge in [-0.3, -0.25) is 4.79 Å². The first-order valence-electron chi connectivity index (χ1n) is 4.67. The van der Waals surface area contributed by atoms with Crippen molar-refractivity contribution in [3.63, 3.8) is 0 Å². The summed E-state index contributed by atoms with van der Waals surface area (Å²) >= 11 is 0. The number of aliphatic carboxylic acids is 1. The summed E-state index contributed by atoms with van der Waals surface area (Å²) in [5, 5.41) is 12.3. The molecule has 2 bridgehead atoms. The number of carboxylic acids is 1. The Hall–Kier alpha value is -0.570. The molecule has 0 aromatic rings. The fraction of sp³-hybridized carbons (Fsp3) is 0.889. The minimum atomic E-state index is -0.602. The fourth-order valence-electron chi connectivity index (χ4n) is 2.42. The van der Waals surface area contributed by atoms with E-state index in [0.717, 1.165) is 38.1 Å². The highest BCUT2D eigenvalue weighted by atomic mass is 16.4. The average molecular weight is 169 g/mol. The summed E-state index contributed by atoms with van der Waals surface area (Å²) < 4.78 is 0. The van der Waals surface area contributed by atoms with Crippen LogP contribution in [0.2, 0.25) is 0 Å². The third-order valence-corrected chi connectivity index (χ3v) is 3.41. The maximum atomic E-state index is 11.0. The molecule has 2 N–H and O–H groups in total. The van der Waals surface area contributed by atoms with Crippen LogP contribution < -0.4 is 5.32 Å². The first kappa shape index (κ1) is 8.05. The quantitative estimate of drug-likeness (QED) is 0.612. The minimum Gasteiger partial charge on any atom is -0.481 e. The van der Waals surface area contributed by atoms with Crippen molar-refractivity contribution in [1.82, 2.24) is 5.32 Å². The van der Waals surface area contributed by atoms with Gasteiger partial charge in [-0.2, -0.15) is 0 Å². The smallest absolute Gasteiger partial charge is 0.310 e. The van der Waals surface area contributed by atoms with E-state index in [-0.39, 0.29) is 0 Å². The number of fused-ring (bicyclic) bond motifs is 4. The minimum absolute atomic E-state index is 0.424. The highest BCUT2D eigenvalue weighted by Crippen LogP contribution is 2.40. The summed E-state index contributed by atoms with van der Waals surface area (Å²) in [6.07, 6.45) is 3.94. The number of hydrogen-bond donors (Lipinski definition) is 2. The molecule has 1 saturated carbocycles. The fourth-order valence-corrected chi connectivity index (χ4v) is 2.42. The Morgan fingerprint density at radius 2 is 2.08 bits per heavy atom. The zero-order valence-electron chi connectivity index (χ0n) is 7.18. The van der Waals surface area contributed by atoms with E-state index in [4.69, 9.17) is 5.11 Å². The number of rotatable bonds is 1. The van der Waals surface area contributed by atoms with Crippen LogP contribution in [0.15, 0.2) is 0 Å². The van der Waals surface area contributed by atoms with Crippen LogP contribution in [-0.2, 0) is 4.79 Å². The lowest BCUT2D eigenvalue weighted by molar-refractivity contribution is -0.150. The lowest BCUT2D eigenvalue weighted by atomic mass is 9.72. The molecule has 0 aromatic carbocycles. The van der Waals surface area contributed by atoms with Crippen LogP contribution >= 0.6 is 0 Å². The lowest BCUT2D eigenvalue weighted by Gasteiger charge is -2.31. The van der Waals surface area contributed by atoms with Gasteiger partial charge < -0.3 is 10.4 Å². The van der Waals surface area contributed by atoms with Crippen LogP contribution in [0.4, 0.5) is 0 Å². The summed E-state index contributed by atoms with van der Waals surface area (Å²) in [4.78, 5) is 11.0. The van der Waals surface area contributed by atoms with Crippen molar-refractivity contribution >= 4 is 5.97 Å². The van der Waals surface area contributed by atoms with Gasteiger partial charge in [-0.25, -0.2) is 0 Å². The van der Waals surface area contributed by atoms with Crippen molar-refractivity contribution in [2.24, 2.45) is 11.3 Å². The van der Waals surface area contributed by atoms with E-state index in [1.807, 2.05) is 0 Å². The maximum Gasteiger partial charge on any atom is 0.310 e. The Morgan fingerprint density at radius 3 is 2.67 bits per heavy atom. The van der Waals surface area contributed by atoms with Gasteiger partial charge in [0, 0.05) is 6.54 Å². The van der Waals surface area contributed by atoms with Gasteiger partial charge in [-0.05, 0) is 38.1 Å². The second kappa shape index (κ2) is 2.73. The molecular weight excluding hydrogens is 154 g/mol. The maximum absolute atomic E-state index is 11.0. The third kappa shape index (κ3) is 1.12. The molecular formula is C9H15NO2. The first-order chi connectivity index (χ1) is 5.73. The molecule has 1 aliphatic carbocycles. The van der Waals surface area contributed by atoms with Crippen LogP contribution in [-0.4, -0.2) is 24.2 Å². The largest absolute Gasteiger partial charge is 0.481 e. The molecule has 2 aliphatic heterocycles. The number of nitrogens with one attached hydrogen (secondary N) is 1. The molecule has 0 unspecified atom stereocenters. The molecule has 0 aromatic heterocycles. The van der Waals surface area contributed by atoms with Gasteiger partial charge in [0.2, 0.25) is 0 Å². The molecule has 0 atom stereocenters. The Morgan fingerprint density at radius 1 is 1.42 bits per heavy atom. The third-order valence-electron chi connectivity index (χ3n) is 3.41. The zero-order chi connectivity index (χ0) is 8.60. The second-order valence-corrected chi connectivity index (χ2v) is 4.16. The number of hydrogen-bond acceptors (Lipinski definition) is 2. The number of carbonyl (C=O) groups is 1. The van der Waals surface area contributed by atoms with Crippen molar-refractivity contribution < 1.29 is 9.90 Å². The van der Waals surface area contributed by atoms with Crippen LogP contribution in [0.1, 0.15) is 25.7 Å². The van der Waals surface area contributed by atoms with Crippen LogP contribution in [0.3, 0.4) is 0 Å². The van der Waals surface area contributed by atoms with Crippen molar-refractivity contribution in [2.75, 3.05) is 13.1 Å². The average Bonchev–Trinajstić information content (AvgIpc) is 2.37. The van der Waals surface area contributed by atoms with E-state index in [1.165, 1.54) is 0 Å². The van der Waals surface area contributed by atoms with Crippen molar-refractivity contribution in [3.8, 4) is 0 Å². The van der Waals surface area contributed by atoms with Crippen LogP contribution in [0.5, 0.6) is 0 Å². The van der Waals surface area contributed by atoms with Gasteiger partial charge in [0.05, 0.1) is 5.41 Å². The molecule has 3 aliphatic rings. The van der Waals surface area contributed by atoms with E-state index in [2.05, 4.69) is 5.32 Å². The molecule has 12 heavy (non-hydrogen) atoms. The van der Waals surface area contributed by atoms with Gasteiger partial charge in [0.1, 0.15) is 0 Å². The predicted molar refractivity (Wildman–Crippen MR) is 44.9 cm³/mol.